The molecule has 6 heteroatoms. The summed E-state index contributed by atoms with van der Waals surface area (Å²) in [5.74, 6) is 0.673. The Morgan fingerprint density at radius 3 is 1.09 bits per heavy atom. The Hall–Kier alpha value is -12.6. The Morgan fingerprint density at radius 2 is 0.553 bits per heavy atom. The van der Waals surface area contributed by atoms with Gasteiger partial charge in [0.25, 0.3) is 0 Å². The molecule has 0 aliphatic rings. The van der Waals surface area contributed by atoms with E-state index in [0.717, 1.165) is 111 Å². The molecular weight excluding hydrogens is 1140 g/mol. The standard InChI is InChI=1S/C88H54N6/c1-3-22-64(23-4-1)91-80-33-17-13-29-71(80)76-50-58(40-45-82(76)91)60-38-42-73-69-27-11-15-31-78(69)93(84(73)52-60)66-48-63(86-75-44-37-56-20-9-10-26-68(56)87(75)90-88(89-86)62-36-35-55-19-7-8-21-57(55)47-62)49-67(54-66)94-79-32-16-12-28-70(79)74-43-39-61(53-85(74)94)59-41-46-83-77(51-59)72-30-14-18-34-81(72)92(83)65-24-5-2-6-25-65/h1-54H. The van der Waals surface area contributed by atoms with Gasteiger partial charge in [0.05, 0.1) is 55.3 Å². The summed E-state index contributed by atoms with van der Waals surface area (Å²) < 4.78 is 9.75. The maximum atomic E-state index is 5.76. The molecule has 0 radical (unpaired) electrons. The molecule has 0 saturated heterocycles. The Labute approximate surface area is 540 Å². The van der Waals surface area contributed by atoms with E-state index in [1.165, 1.54) is 70.5 Å². The highest BCUT2D eigenvalue weighted by atomic mass is 15.0. The van der Waals surface area contributed by atoms with E-state index in [-0.39, 0.29) is 0 Å². The Bertz CT molecular complexity index is 6250. The van der Waals surface area contributed by atoms with Gasteiger partial charge in [0, 0.05) is 87.7 Å². The van der Waals surface area contributed by atoms with E-state index in [4.69, 9.17) is 9.97 Å². The number of rotatable bonds is 8. The summed E-state index contributed by atoms with van der Waals surface area (Å²) >= 11 is 0. The first kappa shape index (κ1) is 52.2. The van der Waals surface area contributed by atoms with Crippen LogP contribution in [0.15, 0.2) is 328 Å². The monoisotopic (exact) mass is 1190 g/mol. The van der Waals surface area contributed by atoms with Gasteiger partial charge < -0.3 is 18.3 Å². The van der Waals surface area contributed by atoms with Crippen LogP contribution in [0.2, 0.25) is 0 Å². The lowest BCUT2D eigenvalue weighted by Gasteiger charge is -2.18. The second-order valence-corrected chi connectivity index (χ2v) is 24.9. The van der Waals surface area contributed by atoms with Gasteiger partial charge in [-0.15, -0.1) is 0 Å². The lowest BCUT2D eigenvalue weighted by Crippen LogP contribution is -2.02. The van der Waals surface area contributed by atoms with Crippen molar-refractivity contribution in [3.05, 3.63) is 328 Å². The fourth-order valence-corrected chi connectivity index (χ4v) is 15.4. The van der Waals surface area contributed by atoms with Crippen molar-refractivity contribution in [2.24, 2.45) is 0 Å². The van der Waals surface area contributed by atoms with Gasteiger partial charge in [-0.05, 0) is 154 Å². The first-order valence-corrected chi connectivity index (χ1v) is 32.2. The number of hydrogen-bond acceptors (Lipinski definition) is 2. The van der Waals surface area contributed by atoms with Gasteiger partial charge in [0.15, 0.2) is 5.82 Å². The molecule has 0 bridgehead atoms. The highest BCUT2D eigenvalue weighted by Gasteiger charge is 2.23. The number of hydrogen-bond donors (Lipinski definition) is 0. The lowest BCUT2D eigenvalue weighted by molar-refractivity contribution is 1.13. The van der Waals surface area contributed by atoms with Crippen LogP contribution < -0.4 is 0 Å². The molecule has 0 atom stereocenters. The normalized spacial score (nSPS) is 12.0. The van der Waals surface area contributed by atoms with Crippen LogP contribution >= 0.6 is 0 Å². The van der Waals surface area contributed by atoms with Crippen LogP contribution in [0.4, 0.5) is 0 Å². The fourth-order valence-electron chi connectivity index (χ4n) is 15.4. The molecule has 0 aliphatic heterocycles. The Kier molecular flexibility index (Phi) is 11.3. The number of aromatic nitrogens is 6. The SMILES string of the molecule is c1ccc(-n2c3ccccc3c3cc(-c4ccc5c6ccccc6n(-c6cc(-c7nc(-c8ccc9ccccc9c8)nc8c7ccc7ccccc78)cc(-n7c8ccccc8c8ccc(-c9ccc%10c(c9)c9ccccc9n%10-c9ccccc9)cc87)c6)c5c4)ccc32)cc1. The minimum atomic E-state index is 0.673. The maximum Gasteiger partial charge on any atom is 0.160 e. The summed E-state index contributed by atoms with van der Waals surface area (Å²) in [5, 5.41) is 15.1. The molecule has 0 unspecified atom stereocenters. The third-order valence-corrected chi connectivity index (χ3v) is 19.7. The molecule has 0 spiro atoms. The van der Waals surface area contributed by atoms with E-state index >= 15 is 0 Å². The summed E-state index contributed by atoms with van der Waals surface area (Å²) in [4.78, 5) is 11.3. The minimum Gasteiger partial charge on any atom is -0.309 e. The van der Waals surface area contributed by atoms with E-state index in [1.54, 1.807) is 0 Å². The zero-order valence-electron chi connectivity index (χ0n) is 50.9. The van der Waals surface area contributed by atoms with E-state index in [1.807, 2.05) is 0 Å². The van der Waals surface area contributed by atoms with Crippen molar-refractivity contribution < 1.29 is 0 Å². The van der Waals surface area contributed by atoms with Crippen LogP contribution in [0.25, 0.3) is 187 Å². The van der Waals surface area contributed by atoms with Gasteiger partial charge in [-0.25, -0.2) is 9.97 Å². The quantitative estimate of drug-likeness (QED) is 0.142. The average molecular weight is 1200 g/mol. The molecule has 20 aromatic rings. The predicted octanol–water partition coefficient (Wildman–Crippen LogP) is 23.0. The van der Waals surface area contributed by atoms with Gasteiger partial charge >= 0.3 is 0 Å². The molecule has 20 rings (SSSR count). The van der Waals surface area contributed by atoms with Crippen molar-refractivity contribution in [2.75, 3.05) is 0 Å². The van der Waals surface area contributed by atoms with Gasteiger partial charge in [-0.2, -0.15) is 0 Å². The number of fused-ring (bicyclic) bond motifs is 16. The molecule has 0 fully saturated rings. The molecule has 0 saturated carbocycles. The molecule has 15 aromatic carbocycles. The Balaban J connectivity index is 0.848. The number of benzene rings is 15. The van der Waals surface area contributed by atoms with Crippen molar-refractivity contribution in [1.29, 1.82) is 0 Å². The number of nitrogens with zero attached hydrogens (tertiary/aromatic N) is 6. The third-order valence-electron chi connectivity index (χ3n) is 19.7. The largest absolute Gasteiger partial charge is 0.309 e. The van der Waals surface area contributed by atoms with Crippen LogP contribution in [0.5, 0.6) is 0 Å². The molecular formula is C88H54N6. The fraction of sp³-hybridized carbons (Fsp3) is 0. The second kappa shape index (κ2) is 20.4. The van der Waals surface area contributed by atoms with E-state index < -0.39 is 0 Å². The smallest absolute Gasteiger partial charge is 0.160 e. The second-order valence-electron chi connectivity index (χ2n) is 24.9. The molecule has 6 nitrogen and oxygen atoms in total. The maximum absolute atomic E-state index is 5.76. The zero-order valence-corrected chi connectivity index (χ0v) is 50.9. The van der Waals surface area contributed by atoms with Crippen LogP contribution in [-0.2, 0) is 0 Å². The molecule has 5 aromatic heterocycles. The van der Waals surface area contributed by atoms with E-state index in [2.05, 4.69) is 346 Å². The van der Waals surface area contributed by atoms with Crippen LogP contribution in [0.3, 0.4) is 0 Å². The van der Waals surface area contributed by atoms with Crippen LogP contribution in [-0.4, -0.2) is 28.2 Å². The zero-order chi connectivity index (χ0) is 61.5. The van der Waals surface area contributed by atoms with Crippen molar-refractivity contribution in [3.8, 4) is 67.6 Å². The summed E-state index contributed by atoms with van der Waals surface area (Å²) in [6.07, 6.45) is 0. The van der Waals surface area contributed by atoms with Crippen molar-refractivity contribution >= 4 is 120 Å². The molecule has 0 aliphatic carbocycles. The van der Waals surface area contributed by atoms with Crippen molar-refractivity contribution in [1.82, 2.24) is 28.2 Å². The van der Waals surface area contributed by atoms with E-state index in [0.29, 0.717) is 5.82 Å². The lowest BCUT2D eigenvalue weighted by atomic mass is 9.99. The topological polar surface area (TPSA) is 45.5 Å². The molecule has 94 heavy (non-hydrogen) atoms. The number of para-hydroxylation sites is 6. The molecule has 5 heterocycles. The van der Waals surface area contributed by atoms with Crippen molar-refractivity contribution in [3.63, 3.8) is 0 Å². The van der Waals surface area contributed by atoms with E-state index in [9.17, 15) is 0 Å². The molecule has 0 amide bonds. The summed E-state index contributed by atoms with van der Waals surface area (Å²) in [6.45, 7) is 0. The Morgan fingerprint density at radius 1 is 0.181 bits per heavy atom. The molecule has 0 N–H and O–H groups in total. The van der Waals surface area contributed by atoms with Gasteiger partial charge in [-0.3, -0.25) is 0 Å². The summed E-state index contributed by atoms with van der Waals surface area (Å²) in [7, 11) is 0. The third kappa shape index (κ3) is 7.96. The highest BCUT2D eigenvalue weighted by Crippen LogP contribution is 2.44. The first-order chi connectivity index (χ1) is 46.6. The average Bonchev–Trinajstić information content (AvgIpc) is 1.49. The molecule has 436 valence electrons. The summed E-state index contributed by atoms with van der Waals surface area (Å²) in [6, 6.07) is 120. The van der Waals surface area contributed by atoms with Gasteiger partial charge in [0.1, 0.15) is 0 Å². The van der Waals surface area contributed by atoms with Crippen LogP contribution in [0.1, 0.15) is 0 Å². The highest BCUT2D eigenvalue weighted by molar-refractivity contribution is 6.16. The first-order valence-electron chi connectivity index (χ1n) is 32.2. The van der Waals surface area contributed by atoms with Gasteiger partial charge in [-0.1, -0.05) is 212 Å². The van der Waals surface area contributed by atoms with Crippen molar-refractivity contribution in [2.45, 2.75) is 0 Å². The minimum absolute atomic E-state index is 0.673. The van der Waals surface area contributed by atoms with Crippen LogP contribution in [0, 0.1) is 0 Å². The van der Waals surface area contributed by atoms with Gasteiger partial charge in [0.2, 0.25) is 0 Å². The summed E-state index contributed by atoms with van der Waals surface area (Å²) in [5.41, 5.74) is 21.8. The predicted molar refractivity (Wildman–Crippen MR) is 394 cm³/mol.